The Bertz CT molecular complexity index is 589. The summed E-state index contributed by atoms with van der Waals surface area (Å²) in [6.45, 7) is 1.95. The van der Waals surface area contributed by atoms with Crippen molar-refractivity contribution in [3.05, 3.63) is 23.9 Å². The number of anilines is 1. The zero-order valence-corrected chi connectivity index (χ0v) is 13.6. The number of hydrogen-bond donors (Lipinski definition) is 3. The van der Waals surface area contributed by atoms with Gasteiger partial charge in [0.2, 0.25) is 0 Å². The Morgan fingerprint density at radius 3 is 2.44 bits per heavy atom. The van der Waals surface area contributed by atoms with E-state index >= 15 is 0 Å². The first-order chi connectivity index (χ1) is 11.8. The number of aliphatic hydroxyl groups is 3. The second-order valence-corrected chi connectivity index (χ2v) is 6.82. The van der Waals surface area contributed by atoms with E-state index in [0.29, 0.717) is 26.1 Å². The Balaban J connectivity index is 1.63. The summed E-state index contributed by atoms with van der Waals surface area (Å²) in [6, 6.07) is 2.32. The van der Waals surface area contributed by atoms with Crippen molar-refractivity contribution in [3.63, 3.8) is 0 Å². The van der Waals surface area contributed by atoms with Gasteiger partial charge in [0.05, 0.1) is 17.8 Å². The lowest BCUT2D eigenvalue weighted by atomic mass is 10.00. The standard InChI is InChI=1S/C16H22F3N3O3/c17-16(18,19)11-2-1-4-20-15(11)22-5-3-10(7-22)6-21-8-12(23)14(25)13(24)9-21/h1-2,4,10,12-14,23-25H,3,5-9H2/t10-,12-,13+,14+/m1/s1. The number of β-amino-alcohol motifs (C(OH)–C–C–N with tert-alkyl or cyclic N) is 2. The van der Waals surface area contributed by atoms with E-state index in [4.69, 9.17) is 0 Å². The Morgan fingerprint density at radius 2 is 1.80 bits per heavy atom. The molecule has 9 heteroatoms. The van der Waals surface area contributed by atoms with Crippen molar-refractivity contribution in [1.82, 2.24) is 9.88 Å². The number of hydrogen-bond acceptors (Lipinski definition) is 6. The van der Waals surface area contributed by atoms with Gasteiger partial charge in [0.1, 0.15) is 11.9 Å². The fourth-order valence-corrected chi connectivity index (χ4v) is 3.63. The fraction of sp³-hybridized carbons (Fsp3) is 0.688. The molecule has 3 heterocycles. The van der Waals surface area contributed by atoms with E-state index < -0.39 is 30.1 Å². The first kappa shape index (κ1) is 18.4. The zero-order valence-electron chi connectivity index (χ0n) is 13.6. The van der Waals surface area contributed by atoms with Crippen molar-refractivity contribution in [3.8, 4) is 0 Å². The van der Waals surface area contributed by atoms with Gasteiger partial charge in [0, 0.05) is 38.9 Å². The molecule has 1 aromatic heterocycles. The molecule has 6 nitrogen and oxygen atoms in total. The number of nitrogens with zero attached hydrogens (tertiary/aromatic N) is 3. The summed E-state index contributed by atoms with van der Waals surface area (Å²) >= 11 is 0. The average Bonchev–Trinajstić information content (AvgIpc) is 3.00. The molecule has 0 spiro atoms. The van der Waals surface area contributed by atoms with E-state index in [1.54, 1.807) is 4.90 Å². The van der Waals surface area contributed by atoms with Crippen LogP contribution in [0.3, 0.4) is 0 Å². The van der Waals surface area contributed by atoms with Crippen LogP contribution < -0.4 is 4.90 Å². The number of piperidine rings is 1. The van der Waals surface area contributed by atoms with Crippen molar-refractivity contribution in [2.24, 2.45) is 5.92 Å². The molecule has 2 saturated heterocycles. The topological polar surface area (TPSA) is 80.1 Å². The molecular weight excluding hydrogens is 339 g/mol. The number of likely N-dealkylation sites (tertiary alicyclic amines) is 1. The average molecular weight is 361 g/mol. The van der Waals surface area contributed by atoms with Gasteiger partial charge in [0.25, 0.3) is 0 Å². The first-order valence-corrected chi connectivity index (χ1v) is 8.29. The highest BCUT2D eigenvalue weighted by atomic mass is 19.4. The Labute approximate surface area is 143 Å². The molecule has 2 aliphatic heterocycles. The smallest absolute Gasteiger partial charge is 0.389 e. The van der Waals surface area contributed by atoms with Crippen molar-refractivity contribution in [2.75, 3.05) is 37.6 Å². The monoisotopic (exact) mass is 361 g/mol. The summed E-state index contributed by atoms with van der Waals surface area (Å²) in [4.78, 5) is 7.41. The molecule has 0 unspecified atom stereocenters. The normalized spacial score (nSPS) is 31.5. The largest absolute Gasteiger partial charge is 0.419 e. The second kappa shape index (κ2) is 7.06. The van der Waals surface area contributed by atoms with Crippen molar-refractivity contribution < 1.29 is 28.5 Å². The van der Waals surface area contributed by atoms with Crippen molar-refractivity contribution in [1.29, 1.82) is 0 Å². The molecule has 3 N–H and O–H groups in total. The first-order valence-electron chi connectivity index (χ1n) is 8.29. The van der Waals surface area contributed by atoms with Crippen LogP contribution in [0.15, 0.2) is 18.3 Å². The van der Waals surface area contributed by atoms with Crippen LogP contribution in [0, 0.1) is 5.92 Å². The summed E-state index contributed by atoms with van der Waals surface area (Å²) in [5.41, 5.74) is -0.734. The van der Waals surface area contributed by atoms with E-state index in [1.165, 1.54) is 12.3 Å². The highest BCUT2D eigenvalue weighted by molar-refractivity contribution is 5.49. The maximum absolute atomic E-state index is 13.1. The number of alkyl halides is 3. The van der Waals surface area contributed by atoms with Gasteiger partial charge in [-0.25, -0.2) is 4.98 Å². The predicted octanol–water partition coefficient (Wildman–Crippen LogP) is 0.325. The minimum atomic E-state index is -4.45. The van der Waals surface area contributed by atoms with Gasteiger partial charge in [-0.3, -0.25) is 4.90 Å². The Hall–Kier alpha value is -1.42. The van der Waals surface area contributed by atoms with Gasteiger partial charge in [0.15, 0.2) is 0 Å². The Morgan fingerprint density at radius 1 is 1.12 bits per heavy atom. The van der Waals surface area contributed by atoms with Crippen LogP contribution in [-0.4, -0.2) is 76.2 Å². The van der Waals surface area contributed by atoms with E-state index in [-0.39, 0.29) is 24.8 Å². The molecule has 25 heavy (non-hydrogen) atoms. The SMILES string of the molecule is O[C@H]1[C@H](O)CN(C[C@H]2CCN(c3ncccc3C(F)(F)F)C2)C[C@@H]1O. The van der Waals surface area contributed by atoms with Gasteiger partial charge in [-0.1, -0.05) is 0 Å². The predicted molar refractivity (Wildman–Crippen MR) is 84.0 cm³/mol. The van der Waals surface area contributed by atoms with E-state index in [9.17, 15) is 28.5 Å². The lowest BCUT2D eigenvalue weighted by Gasteiger charge is -2.38. The van der Waals surface area contributed by atoms with Gasteiger partial charge < -0.3 is 20.2 Å². The molecule has 0 aromatic carbocycles. The lowest BCUT2D eigenvalue weighted by Crippen LogP contribution is -2.56. The van der Waals surface area contributed by atoms with Crippen LogP contribution in [0.1, 0.15) is 12.0 Å². The van der Waals surface area contributed by atoms with Crippen LogP contribution in [0.5, 0.6) is 0 Å². The van der Waals surface area contributed by atoms with Gasteiger partial charge in [-0.15, -0.1) is 0 Å². The van der Waals surface area contributed by atoms with Gasteiger partial charge >= 0.3 is 6.18 Å². The maximum Gasteiger partial charge on any atom is 0.419 e. The molecule has 0 radical (unpaired) electrons. The highest BCUT2D eigenvalue weighted by Crippen LogP contribution is 2.36. The molecule has 0 bridgehead atoms. The molecule has 0 saturated carbocycles. The highest BCUT2D eigenvalue weighted by Gasteiger charge is 2.38. The lowest BCUT2D eigenvalue weighted by molar-refractivity contribution is -0.137. The molecule has 3 rings (SSSR count). The molecule has 1 aromatic rings. The summed E-state index contributed by atoms with van der Waals surface area (Å²) in [5, 5.41) is 29.1. The van der Waals surface area contributed by atoms with Crippen LogP contribution in [0.4, 0.5) is 19.0 Å². The van der Waals surface area contributed by atoms with E-state index in [1.807, 2.05) is 4.90 Å². The third-order valence-corrected chi connectivity index (χ3v) is 4.87. The van der Waals surface area contributed by atoms with Gasteiger partial charge in [-0.05, 0) is 24.5 Å². The summed E-state index contributed by atoms with van der Waals surface area (Å²) in [7, 11) is 0. The molecule has 0 amide bonds. The summed E-state index contributed by atoms with van der Waals surface area (Å²) in [5.74, 6) is 0.0596. The summed E-state index contributed by atoms with van der Waals surface area (Å²) in [6.07, 6.45) is -5.57. The minimum absolute atomic E-state index is 0.0494. The maximum atomic E-state index is 13.1. The molecule has 2 aliphatic rings. The van der Waals surface area contributed by atoms with Crippen LogP contribution >= 0.6 is 0 Å². The molecule has 2 fully saturated rings. The minimum Gasteiger partial charge on any atom is -0.389 e. The molecule has 4 atom stereocenters. The van der Waals surface area contributed by atoms with E-state index in [0.717, 1.165) is 6.07 Å². The van der Waals surface area contributed by atoms with Gasteiger partial charge in [-0.2, -0.15) is 13.2 Å². The van der Waals surface area contributed by atoms with Crippen LogP contribution in [-0.2, 0) is 6.18 Å². The molecular formula is C16H22F3N3O3. The van der Waals surface area contributed by atoms with Crippen molar-refractivity contribution >= 4 is 5.82 Å². The Kier molecular flexibility index (Phi) is 5.19. The summed E-state index contributed by atoms with van der Waals surface area (Å²) < 4.78 is 39.4. The molecule has 140 valence electrons. The number of halogens is 3. The number of pyridine rings is 1. The third kappa shape index (κ3) is 4.05. The zero-order chi connectivity index (χ0) is 18.2. The quantitative estimate of drug-likeness (QED) is 0.720. The second-order valence-electron chi connectivity index (χ2n) is 6.82. The van der Waals surface area contributed by atoms with Crippen LogP contribution in [0.2, 0.25) is 0 Å². The third-order valence-electron chi connectivity index (χ3n) is 4.87. The number of aliphatic hydroxyl groups excluding tert-OH is 3. The van der Waals surface area contributed by atoms with E-state index in [2.05, 4.69) is 4.98 Å². The number of rotatable bonds is 3. The number of aromatic nitrogens is 1. The van der Waals surface area contributed by atoms with Crippen LogP contribution in [0.25, 0.3) is 0 Å². The fourth-order valence-electron chi connectivity index (χ4n) is 3.63. The van der Waals surface area contributed by atoms with Crippen molar-refractivity contribution in [2.45, 2.75) is 30.9 Å². The molecule has 0 aliphatic carbocycles.